The van der Waals surface area contributed by atoms with Crippen molar-refractivity contribution < 1.29 is 9.53 Å². The molecule has 0 fully saturated rings. The van der Waals surface area contributed by atoms with Crippen molar-refractivity contribution in [2.24, 2.45) is 5.73 Å². The quantitative estimate of drug-likeness (QED) is 0.770. The summed E-state index contributed by atoms with van der Waals surface area (Å²) in [6, 6.07) is 7.47. The van der Waals surface area contributed by atoms with Crippen LogP contribution in [0.15, 0.2) is 24.3 Å². The highest BCUT2D eigenvalue weighted by molar-refractivity contribution is 5.80. The summed E-state index contributed by atoms with van der Waals surface area (Å²) in [5, 5.41) is 0. The maximum absolute atomic E-state index is 11.5. The number of carbonyl (C=O) groups is 1. The van der Waals surface area contributed by atoms with E-state index in [0.29, 0.717) is 0 Å². The van der Waals surface area contributed by atoms with Crippen molar-refractivity contribution in [3.05, 3.63) is 29.8 Å². The van der Waals surface area contributed by atoms with Crippen LogP contribution >= 0.6 is 0 Å². The zero-order valence-corrected chi connectivity index (χ0v) is 9.93. The maximum atomic E-state index is 11.5. The Labute approximate surface area is 96.0 Å². The predicted octanol–water partition coefficient (Wildman–Crippen LogP) is 0.932. The Morgan fingerprint density at radius 2 is 2.00 bits per heavy atom. The second-order valence-corrected chi connectivity index (χ2v) is 3.72. The van der Waals surface area contributed by atoms with Crippen LogP contribution in [-0.4, -0.2) is 32.7 Å². The highest BCUT2D eigenvalue weighted by atomic mass is 16.5. The fourth-order valence-corrected chi connectivity index (χ4v) is 1.51. The van der Waals surface area contributed by atoms with Crippen LogP contribution in [-0.2, 0) is 9.53 Å². The largest absolute Gasteiger partial charge is 0.467 e. The average molecular weight is 222 g/mol. The molecule has 0 heterocycles. The van der Waals surface area contributed by atoms with Gasteiger partial charge in [0.1, 0.15) is 6.04 Å². The standard InChI is InChI=1S/C12H18N2O2/c1-9-4-6-10(7-5-9)14(2)11(8-13)12(15)16-3/h4-7,11H,8,13H2,1-3H3. The van der Waals surface area contributed by atoms with E-state index in [2.05, 4.69) is 0 Å². The summed E-state index contributed by atoms with van der Waals surface area (Å²) >= 11 is 0. The maximum Gasteiger partial charge on any atom is 0.329 e. The zero-order valence-electron chi connectivity index (χ0n) is 9.93. The number of anilines is 1. The van der Waals surface area contributed by atoms with Crippen molar-refractivity contribution in [1.82, 2.24) is 0 Å². The van der Waals surface area contributed by atoms with Crippen molar-refractivity contribution in [3.8, 4) is 0 Å². The van der Waals surface area contributed by atoms with E-state index < -0.39 is 6.04 Å². The van der Waals surface area contributed by atoms with E-state index in [1.165, 1.54) is 12.7 Å². The molecule has 0 aliphatic heterocycles. The molecule has 0 aliphatic carbocycles. The Kier molecular flexibility index (Phi) is 4.31. The monoisotopic (exact) mass is 222 g/mol. The van der Waals surface area contributed by atoms with E-state index in [0.717, 1.165) is 5.69 Å². The summed E-state index contributed by atoms with van der Waals surface area (Å²) in [7, 11) is 3.20. The first kappa shape index (κ1) is 12.5. The molecule has 1 atom stereocenters. The lowest BCUT2D eigenvalue weighted by molar-refractivity contribution is -0.141. The first-order valence-electron chi connectivity index (χ1n) is 5.17. The highest BCUT2D eigenvalue weighted by Crippen LogP contribution is 2.16. The third-order valence-electron chi connectivity index (χ3n) is 2.61. The normalized spacial score (nSPS) is 12.0. The van der Waals surface area contributed by atoms with Crippen LogP contribution in [0.3, 0.4) is 0 Å². The van der Waals surface area contributed by atoms with Crippen molar-refractivity contribution in [1.29, 1.82) is 0 Å². The second-order valence-electron chi connectivity index (χ2n) is 3.72. The van der Waals surface area contributed by atoms with E-state index in [9.17, 15) is 4.79 Å². The van der Waals surface area contributed by atoms with Crippen LogP contribution in [0, 0.1) is 6.92 Å². The highest BCUT2D eigenvalue weighted by Gasteiger charge is 2.22. The fraction of sp³-hybridized carbons (Fsp3) is 0.417. The third-order valence-corrected chi connectivity index (χ3v) is 2.61. The molecule has 4 nitrogen and oxygen atoms in total. The van der Waals surface area contributed by atoms with Crippen molar-refractivity contribution >= 4 is 11.7 Å². The minimum absolute atomic E-state index is 0.233. The minimum Gasteiger partial charge on any atom is -0.467 e. The first-order valence-corrected chi connectivity index (χ1v) is 5.17. The smallest absolute Gasteiger partial charge is 0.329 e. The molecule has 0 bridgehead atoms. The minimum atomic E-state index is -0.437. The van der Waals surface area contributed by atoms with Gasteiger partial charge in [-0.3, -0.25) is 0 Å². The third kappa shape index (κ3) is 2.73. The molecule has 0 amide bonds. The molecule has 0 radical (unpaired) electrons. The van der Waals surface area contributed by atoms with Gasteiger partial charge in [0.2, 0.25) is 0 Å². The number of benzene rings is 1. The van der Waals surface area contributed by atoms with E-state index in [-0.39, 0.29) is 12.5 Å². The van der Waals surface area contributed by atoms with Crippen LogP contribution in [0.25, 0.3) is 0 Å². The van der Waals surface area contributed by atoms with Crippen LogP contribution in [0.2, 0.25) is 0 Å². The fourth-order valence-electron chi connectivity index (χ4n) is 1.51. The van der Waals surface area contributed by atoms with Crippen molar-refractivity contribution in [2.75, 3.05) is 25.6 Å². The topological polar surface area (TPSA) is 55.6 Å². The van der Waals surface area contributed by atoms with Gasteiger partial charge in [0.05, 0.1) is 7.11 Å². The number of rotatable bonds is 4. The molecule has 0 aliphatic rings. The van der Waals surface area contributed by atoms with E-state index in [4.69, 9.17) is 10.5 Å². The number of hydrogen-bond acceptors (Lipinski definition) is 4. The van der Waals surface area contributed by atoms with Gasteiger partial charge in [-0.2, -0.15) is 0 Å². The van der Waals surface area contributed by atoms with Gasteiger partial charge in [-0.05, 0) is 19.1 Å². The van der Waals surface area contributed by atoms with E-state index >= 15 is 0 Å². The number of likely N-dealkylation sites (N-methyl/N-ethyl adjacent to an activating group) is 1. The van der Waals surface area contributed by atoms with Gasteiger partial charge in [0, 0.05) is 19.3 Å². The summed E-state index contributed by atoms with van der Waals surface area (Å²) in [6.45, 7) is 2.25. The molecular formula is C12H18N2O2. The Balaban J connectivity index is 2.86. The molecule has 0 saturated carbocycles. The number of hydrogen-bond donors (Lipinski definition) is 1. The van der Waals surface area contributed by atoms with Crippen molar-refractivity contribution in [3.63, 3.8) is 0 Å². The summed E-state index contributed by atoms with van der Waals surface area (Å²) in [5.41, 5.74) is 7.71. The molecule has 0 spiro atoms. The van der Waals surface area contributed by atoms with Gasteiger partial charge in [0.25, 0.3) is 0 Å². The molecule has 2 N–H and O–H groups in total. The summed E-state index contributed by atoms with van der Waals surface area (Å²) < 4.78 is 4.71. The van der Waals surface area contributed by atoms with Gasteiger partial charge < -0.3 is 15.4 Å². The molecule has 1 aromatic rings. The van der Waals surface area contributed by atoms with Crippen LogP contribution in [0.1, 0.15) is 5.56 Å². The van der Waals surface area contributed by atoms with Gasteiger partial charge in [0.15, 0.2) is 0 Å². The molecule has 1 rings (SSSR count). The summed E-state index contributed by atoms with van der Waals surface area (Å²) in [4.78, 5) is 13.3. The molecule has 16 heavy (non-hydrogen) atoms. The lowest BCUT2D eigenvalue weighted by Crippen LogP contribution is -2.44. The number of esters is 1. The van der Waals surface area contributed by atoms with Gasteiger partial charge in [-0.15, -0.1) is 0 Å². The summed E-state index contributed by atoms with van der Waals surface area (Å²) in [5.74, 6) is -0.314. The molecular weight excluding hydrogens is 204 g/mol. The first-order chi connectivity index (χ1) is 7.60. The number of nitrogens with zero attached hydrogens (tertiary/aromatic N) is 1. The molecule has 0 saturated heterocycles. The number of nitrogens with two attached hydrogens (primary N) is 1. The number of carbonyl (C=O) groups excluding carboxylic acids is 1. The zero-order chi connectivity index (χ0) is 12.1. The van der Waals surface area contributed by atoms with Crippen LogP contribution < -0.4 is 10.6 Å². The molecule has 1 aromatic carbocycles. The Morgan fingerprint density at radius 3 is 2.44 bits per heavy atom. The lowest BCUT2D eigenvalue weighted by Gasteiger charge is -2.26. The van der Waals surface area contributed by atoms with Crippen molar-refractivity contribution in [2.45, 2.75) is 13.0 Å². The molecule has 1 unspecified atom stereocenters. The lowest BCUT2D eigenvalue weighted by atomic mass is 10.2. The number of ether oxygens (including phenoxy) is 1. The predicted molar refractivity (Wildman–Crippen MR) is 64.4 cm³/mol. The van der Waals surface area contributed by atoms with Gasteiger partial charge in [-0.1, -0.05) is 17.7 Å². The molecule has 4 heteroatoms. The Bertz CT molecular complexity index is 349. The SMILES string of the molecule is COC(=O)C(CN)N(C)c1ccc(C)cc1. The van der Waals surface area contributed by atoms with Gasteiger partial charge in [-0.25, -0.2) is 4.79 Å². The van der Waals surface area contributed by atoms with E-state index in [1.807, 2.05) is 43.1 Å². The average Bonchev–Trinajstić information content (AvgIpc) is 2.30. The summed E-state index contributed by atoms with van der Waals surface area (Å²) in [6.07, 6.45) is 0. The van der Waals surface area contributed by atoms with Gasteiger partial charge >= 0.3 is 5.97 Å². The number of methoxy groups -OCH3 is 1. The molecule has 88 valence electrons. The Morgan fingerprint density at radius 1 is 1.44 bits per heavy atom. The molecule has 0 aromatic heterocycles. The second kappa shape index (κ2) is 5.51. The number of aryl methyl sites for hydroxylation is 1. The Hall–Kier alpha value is -1.55. The van der Waals surface area contributed by atoms with Crippen LogP contribution in [0.4, 0.5) is 5.69 Å². The van der Waals surface area contributed by atoms with Crippen LogP contribution in [0.5, 0.6) is 0 Å². The van der Waals surface area contributed by atoms with E-state index in [1.54, 1.807) is 0 Å².